The van der Waals surface area contributed by atoms with Crippen molar-refractivity contribution in [1.29, 1.82) is 0 Å². The molecule has 2 amide bonds. The molecule has 23 heavy (non-hydrogen) atoms. The van der Waals surface area contributed by atoms with Gasteiger partial charge in [0, 0.05) is 29.9 Å². The Kier molecular flexibility index (Phi) is 4.01. The van der Waals surface area contributed by atoms with Gasteiger partial charge in [-0.2, -0.15) is 0 Å². The van der Waals surface area contributed by atoms with E-state index in [2.05, 4.69) is 15.6 Å². The van der Waals surface area contributed by atoms with Crippen molar-refractivity contribution in [3.05, 3.63) is 36.0 Å². The van der Waals surface area contributed by atoms with Gasteiger partial charge in [0.1, 0.15) is 6.04 Å². The van der Waals surface area contributed by atoms with Crippen LogP contribution in [0, 0.1) is 0 Å². The van der Waals surface area contributed by atoms with Gasteiger partial charge in [0.15, 0.2) is 0 Å². The van der Waals surface area contributed by atoms with Gasteiger partial charge in [-0.05, 0) is 18.1 Å². The first kappa shape index (κ1) is 15.1. The Labute approximate surface area is 132 Å². The second-order valence-electron chi connectivity index (χ2n) is 5.60. The molecule has 2 aromatic rings. The van der Waals surface area contributed by atoms with E-state index in [-0.39, 0.29) is 18.7 Å². The van der Waals surface area contributed by atoms with Gasteiger partial charge in [0.05, 0.1) is 12.0 Å². The fourth-order valence-corrected chi connectivity index (χ4v) is 2.80. The van der Waals surface area contributed by atoms with Crippen molar-refractivity contribution < 1.29 is 19.5 Å². The average Bonchev–Trinajstić information content (AvgIpc) is 3.13. The van der Waals surface area contributed by atoms with Crippen molar-refractivity contribution in [2.24, 2.45) is 0 Å². The van der Waals surface area contributed by atoms with E-state index in [1.165, 1.54) is 0 Å². The first-order chi connectivity index (χ1) is 11.0. The SMILES string of the molecule is O=C1CC[C@H](C(=O)N[C@H](Cc2c[nH]c3ccccc23)C(=O)[O-])N1. The maximum Gasteiger partial charge on any atom is 0.243 e. The van der Waals surface area contributed by atoms with E-state index in [1.807, 2.05) is 24.3 Å². The molecule has 0 saturated carbocycles. The largest absolute Gasteiger partial charge is 0.548 e. The fraction of sp³-hybridized carbons (Fsp3) is 0.312. The van der Waals surface area contributed by atoms with Crippen LogP contribution in [0.2, 0.25) is 0 Å². The summed E-state index contributed by atoms with van der Waals surface area (Å²) >= 11 is 0. The number of aliphatic carboxylic acids is 1. The molecule has 0 spiro atoms. The van der Waals surface area contributed by atoms with Crippen LogP contribution in [-0.4, -0.2) is 34.9 Å². The molecule has 2 atom stereocenters. The minimum absolute atomic E-state index is 0.110. The average molecular weight is 314 g/mol. The summed E-state index contributed by atoms with van der Waals surface area (Å²) in [6.45, 7) is 0. The van der Waals surface area contributed by atoms with Crippen molar-refractivity contribution in [2.45, 2.75) is 31.3 Å². The van der Waals surface area contributed by atoms with Crippen molar-refractivity contribution >= 4 is 28.7 Å². The molecule has 1 aliphatic heterocycles. The van der Waals surface area contributed by atoms with Gasteiger partial charge in [0.2, 0.25) is 11.8 Å². The van der Waals surface area contributed by atoms with Crippen LogP contribution in [0.1, 0.15) is 18.4 Å². The Morgan fingerprint density at radius 1 is 1.35 bits per heavy atom. The molecular weight excluding hydrogens is 298 g/mol. The number of para-hydroxylation sites is 1. The van der Waals surface area contributed by atoms with Crippen LogP contribution in [0.5, 0.6) is 0 Å². The molecule has 1 fully saturated rings. The Morgan fingerprint density at radius 3 is 2.83 bits per heavy atom. The molecule has 0 unspecified atom stereocenters. The van der Waals surface area contributed by atoms with Gasteiger partial charge in [0.25, 0.3) is 0 Å². The molecule has 0 aliphatic carbocycles. The maximum absolute atomic E-state index is 12.1. The van der Waals surface area contributed by atoms with Gasteiger partial charge < -0.3 is 25.5 Å². The predicted octanol–water partition coefficient (Wildman–Crippen LogP) is -0.776. The lowest BCUT2D eigenvalue weighted by atomic mass is 10.0. The van der Waals surface area contributed by atoms with Crippen molar-refractivity contribution in [3.8, 4) is 0 Å². The van der Waals surface area contributed by atoms with Gasteiger partial charge in [-0.1, -0.05) is 18.2 Å². The number of hydrogen-bond donors (Lipinski definition) is 3. The molecule has 7 heteroatoms. The topological polar surface area (TPSA) is 114 Å². The minimum Gasteiger partial charge on any atom is -0.548 e. The fourth-order valence-electron chi connectivity index (χ4n) is 2.80. The summed E-state index contributed by atoms with van der Waals surface area (Å²) in [7, 11) is 0. The second kappa shape index (κ2) is 6.12. The molecule has 1 aromatic heterocycles. The van der Waals surface area contributed by atoms with E-state index in [0.717, 1.165) is 16.5 Å². The summed E-state index contributed by atoms with van der Waals surface area (Å²) in [6, 6.07) is 5.68. The summed E-state index contributed by atoms with van der Waals surface area (Å²) < 4.78 is 0. The van der Waals surface area contributed by atoms with E-state index in [4.69, 9.17) is 0 Å². The minimum atomic E-state index is -1.35. The first-order valence-electron chi connectivity index (χ1n) is 7.40. The van der Waals surface area contributed by atoms with Crippen LogP contribution in [-0.2, 0) is 20.8 Å². The normalized spacial score (nSPS) is 18.6. The van der Waals surface area contributed by atoms with Crippen LogP contribution in [0.25, 0.3) is 10.9 Å². The number of nitrogens with one attached hydrogen (secondary N) is 3. The zero-order valence-corrected chi connectivity index (χ0v) is 12.3. The number of carboxylic acids is 1. The highest BCUT2D eigenvalue weighted by Crippen LogP contribution is 2.19. The van der Waals surface area contributed by atoms with Crippen LogP contribution >= 0.6 is 0 Å². The smallest absolute Gasteiger partial charge is 0.243 e. The number of amides is 2. The third kappa shape index (κ3) is 3.18. The maximum atomic E-state index is 12.1. The Bertz CT molecular complexity index is 768. The van der Waals surface area contributed by atoms with Gasteiger partial charge in [-0.25, -0.2) is 0 Å². The molecular formula is C16H16N3O4-. The predicted molar refractivity (Wildman–Crippen MR) is 80.1 cm³/mol. The highest BCUT2D eigenvalue weighted by molar-refractivity contribution is 5.93. The molecule has 1 aliphatic rings. The summed E-state index contributed by atoms with van der Waals surface area (Å²) in [6.07, 6.45) is 2.48. The molecule has 120 valence electrons. The molecule has 0 radical (unpaired) electrons. The van der Waals surface area contributed by atoms with E-state index in [0.29, 0.717) is 6.42 Å². The van der Waals surface area contributed by atoms with E-state index in [1.54, 1.807) is 6.20 Å². The quantitative estimate of drug-likeness (QED) is 0.672. The van der Waals surface area contributed by atoms with Gasteiger partial charge in [-0.3, -0.25) is 9.59 Å². The van der Waals surface area contributed by atoms with Crippen molar-refractivity contribution in [1.82, 2.24) is 15.6 Å². The Morgan fingerprint density at radius 2 is 2.13 bits per heavy atom. The third-order valence-corrected chi connectivity index (χ3v) is 4.01. The molecule has 2 heterocycles. The van der Waals surface area contributed by atoms with Crippen molar-refractivity contribution in [3.63, 3.8) is 0 Å². The van der Waals surface area contributed by atoms with Crippen LogP contribution < -0.4 is 15.7 Å². The van der Waals surface area contributed by atoms with E-state index >= 15 is 0 Å². The summed E-state index contributed by atoms with van der Waals surface area (Å²) in [5.74, 6) is -2.05. The number of hydrogen-bond acceptors (Lipinski definition) is 4. The number of carbonyl (C=O) groups is 3. The van der Waals surface area contributed by atoms with Crippen LogP contribution in [0.15, 0.2) is 30.5 Å². The lowest BCUT2D eigenvalue weighted by Gasteiger charge is -2.21. The van der Waals surface area contributed by atoms with Crippen LogP contribution in [0.4, 0.5) is 0 Å². The molecule has 1 saturated heterocycles. The molecule has 1 aromatic carbocycles. The highest BCUT2D eigenvalue weighted by Gasteiger charge is 2.29. The Balaban J connectivity index is 1.73. The zero-order valence-electron chi connectivity index (χ0n) is 12.3. The number of rotatable bonds is 5. The van der Waals surface area contributed by atoms with E-state index in [9.17, 15) is 19.5 Å². The number of benzene rings is 1. The molecule has 7 nitrogen and oxygen atoms in total. The highest BCUT2D eigenvalue weighted by atomic mass is 16.4. The van der Waals surface area contributed by atoms with E-state index < -0.39 is 24.0 Å². The summed E-state index contributed by atoms with van der Waals surface area (Å²) in [5, 5.41) is 17.2. The monoisotopic (exact) mass is 314 g/mol. The molecule has 3 rings (SSSR count). The second-order valence-corrected chi connectivity index (χ2v) is 5.60. The van der Waals surface area contributed by atoms with Gasteiger partial charge >= 0.3 is 0 Å². The van der Waals surface area contributed by atoms with Gasteiger partial charge in [-0.15, -0.1) is 0 Å². The number of aromatic amines is 1. The van der Waals surface area contributed by atoms with Crippen molar-refractivity contribution in [2.75, 3.05) is 0 Å². The lowest BCUT2D eigenvalue weighted by molar-refractivity contribution is -0.308. The first-order valence-corrected chi connectivity index (χ1v) is 7.40. The summed E-state index contributed by atoms with van der Waals surface area (Å²) in [4.78, 5) is 37.6. The number of carbonyl (C=O) groups excluding carboxylic acids is 3. The lowest BCUT2D eigenvalue weighted by Crippen LogP contribution is -2.53. The Hall–Kier alpha value is -2.83. The number of aromatic nitrogens is 1. The number of H-pyrrole nitrogens is 1. The standard InChI is InChI=1S/C16H17N3O4/c20-14-6-5-12(18-14)15(21)19-13(16(22)23)7-9-8-17-11-4-2-1-3-10(9)11/h1-4,8,12-13,17H,5-7H2,(H,18,20)(H,19,21)(H,22,23)/p-1/t12-,13-/m1/s1. The molecule has 0 bridgehead atoms. The number of fused-ring (bicyclic) bond motifs is 1. The zero-order chi connectivity index (χ0) is 16.4. The molecule has 3 N–H and O–H groups in total. The summed E-state index contributed by atoms with van der Waals surface area (Å²) in [5.41, 5.74) is 1.68. The van der Waals surface area contributed by atoms with Crippen LogP contribution in [0.3, 0.4) is 0 Å². The third-order valence-electron chi connectivity index (χ3n) is 4.01. The number of carboxylic acid groups (broad SMARTS) is 1.